The van der Waals surface area contributed by atoms with E-state index in [4.69, 9.17) is 5.11 Å². The first-order chi connectivity index (χ1) is 20.1. The fourth-order valence-corrected chi connectivity index (χ4v) is 6.74. The number of halogens is 3. The third-order valence-corrected chi connectivity index (χ3v) is 9.71. The molecule has 1 aromatic heterocycles. The second-order valence-corrected chi connectivity index (χ2v) is 13.2. The van der Waals surface area contributed by atoms with E-state index in [1.807, 2.05) is 17.0 Å². The number of piperidine rings is 2. The van der Waals surface area contributed by atoms with Crippen molar-refractivity contribution in [3.8, 4) is 0 Å². The van der Waals surface area contributed by atoms with Gasteiger partial charge in [-0.15, -0.1) is 0 Å². The van der Waals surface area contributed by atoms with Crippen molar-refractivity contribution in [3.63, 3.8) is 0 Å². The number of rotatable bonds is 7. The molecule has 0 unspecified atom stereocenters. The lowest BCUT2D eigenvalue weighted by atomic mass is 9.93. The van der Waals surface area contributed by atoms with Gasteiger partial charge in [0.2, 0.25) is 0 Å². The fraction of sp³-hybridized carbons (Fsp3) is 0.387. The number of hydrogen-bond acceptors (Lipinski definition) is 6. The van der Waals surface area contributed by atoms with Crippen molar-refractivity contribution in [2.45, 2.75) is 44.4 Å². The van der Waals surface area contributed by atoms with Gasteiger partial charge in [0.15, 0.2) is 0 Å². The van der Waals surface area contributed by atoms with Gasteiger partial charge in [-0.3, -0.25) is 9.71 Å². The van der Waals surface area contributed by atoms with Crippen LogP contribution in [-0.4, -0.2) is 50.6 Å². The van der Waals surface area contributed by atoms with E-state index in [0.717, 1.165) is 31.3 Å². The van der Waals surface area contributed by atoms with E-state index in [1.165, 1.54) is 25.0 Å². The largest absolute Gasteiger partial charge is 0.515 e. The van der Waals surface area contributed by atoms with Gasteiger partial charge < -0.3 is 14.9 Å². The van der Waals surface area contributed by atoms with Crippen molar-refractivity contribution in [2.24, 2.45) is 5.41 Å². The lowest BCUT2D eigenvalue weighted by molar-refractivity contribution is -0.0220. The summed E-state index contributed by atoms with van der Waals surface area (Å²) in [7, 11) is -3.93. The van der Waals surface area contributed by atoms with Crippen LogP contribution in [0.5, 0.6) is 0 Å². The van der Waals surface area contributed by atoms with E-state index in [-0.39, 0.29) is 31.6 Å². The Morgan fingerprint density at radius 3 is 2.31 bits per heavy atom. The van der Waals surface area contributed by atoms with Crippen LogP contribution in [0.15, 0.2) is 60.3 Å². The Bertz CT molecular complexity index is 1650. The van der Waals surface area contributed by atoms with Gasteiger partial charge in [-0.1, -0.05) is 6.07 Å². The molecule has 42 heavy (non-hydrogen) atoms. The lowest BCUT2D eigenvalue weighted by Crippen LogP contribution is -2.39. The van der Waals surface area contributed by atoms with Gasteiger partial charge in [0.05, 0.1) is 28.6 Å². The van der Waals surface area contributed by atoms with Gasteiger partial charge in [-0.05, 0) is 79.1 Å². The number of aliphatic hydroxyl groups excluding tert-OH is 1. The Balaban J connectivity index is 1.37. The number of hydrogen-bond donors (Lipinski definition) is 2. The highest BCUT2D eigenvalue weighted by molar-refractivity contribution is 7.95. The highest BCUT2D eigenvalue weighted by atomic mass is 32.2. The highest BCUT2D eigenvalue weighted by Crippen LogP contribution is 2.54. The molecule has 7 nitrogen and oxygen atoms in total. The number of fused-ring (bicyclic) bond motifs is 1. The number of nitrogens with one attached hydrogen (secondary N) is 1. The van der Waals surface area contributed by atoms with Crippen molar-refractivity contribution in [2.75, 3.05) is 40.7 Å². The molecule has 11 heteroatoms. The lowest BCUT2D eigenvalue weighted by Gasteiger charge is -2.35. The summed E-state index contributed by atoms with van der Waals surface area (Å²) in [5.41, 5.74) is 3.49. The third-order valence-electron chi connectivity index (χ3n) is 8.71. The van der Waals surface area contributed by atoms with Crippen LogP contribution in [0.4, 0.5) is 30.2 Å². The number of anilines is 3. The smallest absolute Gasteiger partial charge is 0.258 e. The Morgan fingerprint density at radius 2 is 1.62 bits per heavy atom. The Morgan fingerprint density at radius 1 is 0.929 bits per heavy atom. The SMILES string of the molecule is O=S(=O)(C=CO)Nc1ccc(/C(F)=C\c2cc(N3CCC(F)(F)CC3)c3ncccc3c2)c(N2CCC3(CC2)CC3)c1. The quantitative estimate of drug-likeness (QED) is 0.223. The van der Waals surface area contributed by atoms with E-state index in [0.29, 0.717) is 45.1 Å². The van der Waals surface area contributed by atoms with E-state index >= 15 is 4.39 Å². The summed E-state index contributed by atoms with van der Waals surface area (Å²) in [6.45, 7) is 1.83. The molecule has 3 heterocycles. The summed E-state index contributed by atoms with van der Waals surface area (Å²) in [4.78, 5) is 8.47. The Kier molecular flexibility index (Phi) is 7.32. The normalized spacial score (nSPS) is 20.4. The molecular formula is C31H33F3N4O3S. The molecule has 1 spiro atoms. The van der Waals surface area contributed by atoms with Gasteiger partial charge in [0.25, 0.3) is 15.9 Å². The minimum absolute atomic E-state index is 0.178. The summed E-state index contributed by atoms with van der Waals surface area (Å²) in [6, 6.07) is 11.9. The average molecular weight is 599 g/mol. The predicted octanol–water partition coefficient (Wildman–Crippen LogP) is 7.09. The van der Waals surface area contributed by atoms with Gasteiger partial charge >= 0.3 is 0 Å². The minimum atomic E-state index is -3.93. The van der Waals surface area contributed by atoms with Gasteiger partial charge in [0, 0.05) is 61.9 Å². The molecule has 1 saturated carbocycles. The zero-order valence-corrected chi connectivity index (χ0v) is 23.9. The first kappa shape index (κ1) is 28.4. The molecule has 2 aromatic carbocycles. The van der Waals surface area contributed by atoms with Crippen LogP contribution in [0.25, 0.3) is 22.8 Å². The van der Waals surface area contributed by atoms with Crippen molar-refractivity contribution in [1.29, 1.82) is 0 Å². The molecule has 222 valence electrons. The van der Waals surface area contributed by atoms with Gasteiger partial charge in [0.1, 0.15) is 5.83 Å². The van der Waals surface area contributed by atoms with E-state index in [9.17, 15) is 17.2 Å². The fourth-order valence-electron chi connectivity index (χ4n) is 6.05. The summed E-state index contributed by atoms with van der Waals surface area (Å²) < 4.78 is 70.8. The van der Waals surface area contributed by atoms with Crippen molar-refractivity contribution in [3.05, 3.63) is 71.5 Å². The van der Waals surface area contributed by atoms with E-state index in [1.54, 1.807) is 30.5 Å². The zero-order valence-electron chi connectivity index (χ0n) is 23.1. The molecule has 1 aliphatic carbocycles. The second kappa shape index (κ2) is 10.8. The summed E-state index contributed by atoms with van der Waals surface area (Å²) in [5.74, 6) is -3.19. The summed E-state index contributed by atoms with van der Waals surface area (Å²) >= 11 is 0. The molecule has 0 bridgehead atoms. The number of benzene rings is 2. The second-order valence-electron chi connectivity index (χ2n) is 11.6. The molecule has 2 aliphatic heterocycles. The zero-order chi connectivity index (χ0) is 29.5. The van der Waals surface area contributed by atoms with Gasteiger partial charge in [-0.25, -0.2) is 21.6 Å². The molecule has 3 aliphatic rings. The molecule has 3 aromatic rings. The number of aliphatic hydroxyl groups is 1. The molecule has 2 N–H and O–H groups in total. The molecular weight excluding hydrogens is 565 g/mol. The van der Waals surface area contributed by atoms with Crippen molar-refractivity contribution >= 4 is 49.9 Å². The highest BCUT2D eigenvalue weighted by Gasteiger charge is 2.44. The molecule has 0 amide bonds. The molecule has 6 rings (SSSR count). The van der Waals surface area contributed by atoms with Crippen LogP contribution in [-0.2, 0) is 10.0 Å². The van der Waals surface area contributed by atoms with Crippen molar-refractivity contribution < 1.29 is 26.7 Å². The van der Waals surface area contributed by atoms with Crippen LogP contribution >= 0.6 is 0 Å². The van der Waals surface area contributed by atoms with Gasteiger partial charge in [-0.2, -0.15) is 0 Å². The maximum Gasteiger partial charge on any atom is 0.258 e. The minimum Gasteiger partial charge on any atom is -0.515 e. The topological polar surface area (TPSA) is 85.8 Å². The van der Waals surface area contributed by atoms with Crippen LogP contribution in [0.2, 0.25) is 0 Å². The predicted molar refractivity (Wildman–Crippen MR) is 161 cm³/mol. The number of sulfonamides is 1. The maximum absolute atomic E-state index is 16.2. The monoisotopic (exact) mass is 598 g/mol. The average Bonchev–Trinajstić information content (AvgIpc) is 3.71. The number of nitrogens with zero attached hydrogens (tertiary/aromatic N) is 3. The van der Waals surface area contributed by atoms with Crippen LogP contribution in [0, 0.1) is 5.41 Å². The standard InChI is InChI=1S/C31H33F3N4O3S/c32-26(19-22-18-23-2-1-11-35-29(23)28(20-22)38-14-9-31(33,34)10-15-38)25-4-3-24(36-42(40,41)17-16-39)21-27(25)37-12-7-30(5-6-30)8-13-37/h1-4,11,16-21,36,39H,5-10,12-15H2/b17-16?,26-19+. The first-order valence-electron chi connectivity index (χ1n) is 14.2. The summed E-state index contributed by atoms with van der Waals surface area (Å²) in [5, 5.41) is 10.4. The Hall–Kier alpha value is -3.73. The van der Waals surface area contributed by atoms with Crippen molar-refractivity contribution in [1.82, 2.24) is 4.98 Å². The molecule has 2 saturated heterocycles. The molecule has 3 fully saturated rings. The third kappa shape index (κ3) is 6.06. The van der Waals surface area contributed by atoms with E-state index < -0.39 is 21.8 Å². The molecule has 0 atom stereocenters. The number of aromatic nitrogens is 1. The number of pyridine rings is 1. The van der Waals surface area contributed by atoms with Crippen LogP contribution in [0.1, 0.15) is 49.7 Å². The van der Waals surface area contributed by atoms with Crippen LogP contribution < -0.4 is 14.5 Å². The van der Waals surface area contributed by atoms with Crippen LogP contribution in [0.3, 0.4) is 0 Å². The molecule has 0 radical (unpaired) electrons. The summed E-state index contributed by atoms with van der Waals surface area (Å²) in [6.07, 6.45) is 7.45. The first-order valence-corrected chi connectivity index (χ1v) is 15.7. The van der Waals surface area contributed by atoms with E-state index in [2.05, 4.69) is 14.6 Å². The maximum atomic E-state index is 16.2. The Labute approximate surface area is 243 Å². The number of alkyl halides is 2.